The predicted octanol–water partition coefficient (Wildman–Crippen LogP) is 3.33. The van der Waals surface area contributed by atoms with Gasteiger partial charge in [0.25, 0.3) is 0 Å². The first-order valence-corrected chi connectivity index (χ1v) is 7.39. The Bertz CT molecular complexity index is 915. The summed E-state index contributed by atoms with van der Waals surface area (Å²) in [7, 11) is 1.64. The number of aromatic nitrogens is 3. The Labute approximate surface area is 137 Å². The zero-order chi connectivity index (χ0) is 15.8. The molecular weight excluding hydrogens is 314 g/mol. The number of fused-ring (bicyclic) bond motifs is 1. The van der Waals surface area contributed by atoms with Crippen LogP contribution in [0.5, 0.6) is 17.2 Å². The highest BCUT2D eigenvalue weighted by atomic mass is 32.1. The standard InChI is InChI=1S/C16H13N3O3S/c1-20-12-5-2-10(3-6-12)15-17-18-16(23)19(15)11-4-7-13-14(8-11)22-9-21-13/h2-8H,9H2,1H3,(H,18,23). The van der Waals surface area contributed by atoms with Gasteiger partial charge in [-0.2, -0.15) is 5.10 Å². The smallest absolute Gasteiger partial charge is 0.231 e. The summed E-state index contributed by atoms with van der Waals surface area (Å²) in [6.45, 7) is 0.237. The molecule has 0 saturated heterocycles. The molecule has 116 valence electrons. The number of nitrogens with one attached hydrogen (secondary N) is 1. The maximum absolute atomic E-state index is 5.44. The number of rotatable bonds is 3. The first-order chi connectivity index (χ1) is 11.3. The normalized spacial score (nSPS) is 12.4. The molecule has 4 rings (SSSR count). The molecule has 2 heterocycles. The summed E-state index contributed by atoms with van der Waals surface area (Å²) < 4.78 is 18.3. The van der Waals surface area contributed by atoms with E-state index in [9.17, 15) is 0 Å². The lowest BCUT2D eigenvalue weighted by Crippen LogP contribution is -1.98. The number of methoxy groups -OCH3 is 1. The van der Waals surface area contributed by atoms with Crippen molar-refractivity contribution in [2.45, 2.75) is 0 Å². The SMILES string of the molecule is COc1ccc(-c2n[nH]c(=S)n2-c2ccc3c(c2)OCO3)cc1. The average Bonchev–Trinajstić information content (AvgIpc) is 3.20. The van der Waals surface area contributed by atoms with Crippen molar-refractivity contribution in [3.63, 3.8) is 0 Å². The molecule has 1 aliphatic rings. The van der Waals surface area contributed by atoms with Gasteiger partial charge in [-0.15, -0.1) is 0 Å². The van der Waals surface area contributed by atoms with Crippen LogP contribution in [0.2, 0.25) is 0 Å². The van der Waals surface area contributed by atoms with E-state index in [1.807, 2.05) is 47.0 Å². The molecule has 23 heavy (non-hydrogen) atoms. The molecule has 0 spiro atoms. The Hall–Kier alpha value is -2.80. The minimum Gasteiger partial charge on any atom is -0.497 e. The van der Waals surface area contributed by atoms with Crippen LogP contribution in [0.1, 0.15) is 0 Å². The number of hydrogen-bond donors (Lipinski definition) is 1. The molecule has 1 N–H and O–H groups in total. The highest BCUT2D eigenvalue weighted by Crippen LogP contribution is 2.34. The molecule has 0 aliphatic carbocycles. The summed E-state index contributed by atoms with van der Waals surface area (Å²) in [4.78, 5) is 0. The fourth-order valence-corrected chi connectivity index (χ4v) is 2.73. The topological polar surface area (TPSA) is 61.3 Å². The van der Waals surface area contributed by atoms with Crippen molar-refractivity contribution in [2.75, 3.05) is 13.9 Å². The molecule has 0 bridgehead atoms. The summed E-state index contributed by atoms with van der Waals surface area (Å²) >= 11 is 5.38. The van der Waals surface area contributed by atoms with E-state index in [1.165, 1.54) is 0 Å². The number of ether oxygens (including phenoxy) is 3. The van der Waals surface area contributed by atoms with Gasteiger partial charge in [0.05, 0.1) is 12.8 Å². The quantitative estimate of drug-likeness (QED) is 0.748. The van der Waals surface area contributed by atoms with Gasteiger partial charge < -0.3 is 14.2 Å². The summed E-state index contributed by atoms with van der Waals surface area (Å²) in [5.74, 6) is 2.94. The van der Waals surface area contributed by atoms with Gasteiger partial charge in [-0.05, 0) is 48.6 Å². The van der Waals surface area contributed by atoms with Crippen LogP contribution in [0, 0.1) is 4.77 Å². The molecule has 0 saturated carbocycles. The van der Waals surface area contributed by atoms with Crippen LogP contribution in [-0.2, 0) is 0 Å². The second-order valence-electron chi connectivity index (χ2n) is 4.95. The van der Waals surface area contributed by atoms with E-state index in [2.05, 4.69) is 10.2 Å². The van der Waals surface area contributed by atoms with Crippen molar-refractivity contribution >= 4 is 12.2 Å². The van der Waals surface area contributed by atoms with Crippen LogP contribution in [0.3, 0.4) is 0 Å². The van der Waals surface area contributed by atoms with Crippen molar-refractivity contribution in [3.05, 3.63) is 47.2 Å². The lowest BCUT2D eigenvalue weighted by atomic mass is 10.2. The lowest BCUT2D eigenvalue weighted by Gasteiger charge is -2.08. The Morgan fingerprint density at radius 2 is 1.91 bits per heavy atom. The monoisotopic (exact) mass is 327 g/mol. The molecule has 0 atom stereocenters. The van der Waals surface area contributed by atoms with Crippen molar-refractivity contribution in [3.8, 4) is 34.3 Å². The van der Waals surface area contributed by atoms with E-state index in [4.69, 9.17) is 26.4 Å². The number of H-pyrrole nitrogens is 1. The van der Waals surface area contributed by atoms with Crippen LogP contribution in [-0.4, -0.2) is 28.7 Å². The van der Waals surface area contributed by atoms with Crippen LogP contribution < -0.4 is 14.2 Å². The number of hydrogen-bond acceptors (Lipinski definition) is 5. The fraction of sp³-hybridized carbons (Fsp3) is 0.125. The van der Waals surface area contributed by atoms with Crippen molar-refractivity contribution in [2.24, 2.45) is 0 Å². The molecule has 0 fully saturated rings. The van der Waals surface area contributed by atoms with Crippen molar-refractivity contribution in [1.82, 2.24) is 14.8 Å². The van der Waals surface area contributed by atoms with E-state index >= 15 is 0 Å². The van der Waals surface area contributed by atoms with Crippen molar-refractivity contribution in [1.29, 1.82) is 0 Å². The molecule has 0 amide bonds. The molecular formula is C16H13N3O3S. The zero-order valence-electron chi connectivity index (χ0n) is 12.3. The van der Waals surface area contributed by atoms with Gasteiger partial charge in [0.15, 0.2) is 22.1 Å². The summed E-state index contributed by atoms with van der Waals surface area (Å²) in [5, 5.41) is 7.19. The first kappa shape index (κ1) is 13.8. The van der Waals surface area contributed by atoms with Gasteiger partial charge in [0, 0.05) is 11.6 Å². The summed E-state index contributed by atoms with van der Waals surface area (Å²) in [5.41, 5.74) is 1.79. The molecule has 2 aromatic carbocycles. The minimum absolute atomic E-state index is 0.237. The molecule has 7 heteroatoms. The Balaban J connectivity index is 1.83. The first-order valence-electron chi connectivity index (χ1n) is 6.98. The van der Waals surface area contributed by atoms with E-state index in [0.29, 0.717) is 10.5 Å². The van der Waals surface area contributed by atoms with Crippen LogP contribution in [0.15, 0.2) is 42.5 Å². The molecule has 6 nitrogen and oxygen atoms in total. The second-order valence-corrected chi connectivity index (χ2v) is 5.34. The second kappa shape index (κ2) is 5.44. The van der Waals surface area contributed by atoms with E-state index in [0.717, 1.165) is 28.6 Å². The van der Waals surface area contributed by atoms with Gasteiger partial charge in [-0.25, -0.2) is 0 Å². The van der Waals surface area contributed by atoms with Crippen molar-refractivity contribution < 1.29 is 14.2 Å². The van der Waals surface area contributed by atoms with E-state index in [-0.39, 0.29) is 6.79 Å². The van der Waals surface area contributed by atoms with Crippen LogP contribution >= 0.6 is 12.2 Å². The average molecular weight is 327 g/mol. The fourth-order valence-electron chi connectivity index (χ4n) is 2.49. The third-order valence-corrected chi connectivity index (χ3v) is 3.91. The summed E-state index contributed by atoms with van der Waals surface area (Å²) in [6, 6.07) is 13.3. The van der Waals surface area contributed by atoms with Gasteiger partial charge in [-0.1, -0.05) is 0 Å². The largest absolute Gasteiger partial charge is 0.497 e. The lowest BCUT2D eigenvalue weighted by molar-refractivity contribution is 0.174. The molecule has 1 aliphatic heterocycles. The molecule has 0 radical (unpaired) electrons. The Kier molecular flexibility index (Phi) is 3.27. The zero-order valence-corrected chi connectivity index (χ0v) is 13.1. The highest BCUT2D eigenvalue weighted by molar-refractivity contribution is 7.71. The number of nitrogens with zero attached hydrogens (tertiary/aromatic N) is 2. The highest BCUT2D eigenvalue weighted by Gasteiger charge is 2.17. The van der Waals surface area contributed by atoms with Gasteiger partial charge in [0.2, 0.25) is 6.79 Å². The van der Waals surface area contributed by atoms with Gasteiger partial charge in [-0.3, -0.25) is 9.67 Å². The third-order valence-electron chi connectivity index (χ3n) is 3.63. The van der Waals surface area contributed by atoms with E-state index < -0.39 is 0 Å². The van der Waals surface area contributed by atoms with Gasteiger partial charge in [0.1, 0.15) is 5.75 Å². The predicted molar refractivity (Wildman–Crippen MR) is 86.9 cm³/mol. The minimum atomic E-state index is 0.237. The van der Waals surface area contributed by atoms with Crippen LogP contribution in [0.4, 0.5) is 0 Å². The van der Waals surface area contributed by atoms with E-state index in [1.54, 1.807) is 7.11 Å². The maximum atomic E-state index is 5.44. The van der Waals surface area contributed by atoms with Gasteiger partial charge >= 0.3 is 0 Å². The number of aromatic amines is 1. The molecule has 3 aromatic rings. The van der Waals surface area contributed by atoms with Crippen LogP contribution in [0.25, 0.3) is 17.1 Å². The summed E-state index contributed by atoms with van der Waals surface area (Å²) in [6.07, 6.45) is 0. The Morgan fingerprint density at radius 1 is 1.13 bits per heavy atom. The maximum Gasteiger partial charge on any atom is 0.231 e. The number of benzene rings is 2. The third kappa shape index (κ3) is 2.35. The molecule has 1 aromatic heterocycles. The Morgan fingerprint density at radius 3 is 2.70 bits per heavy atom. The molecule has 0 unspecified atom stereocenters.